The van der Waals surface area contributed by atoms with Gasteiger partial charge in [-0.1, -0.05) is 49.0 Å². The maximum absolute atomic E-state index is 12.3. The number of hydrogen-bond donors (Lipinski definition) is 1. The predicted octanol–water partition coefficient (Wildman–Crippen LogP) is 3.90. The van der Waals surface area contributed by atoms with Crippen LogP contribution in [0.4, 0.5) is 0 Å². The van der Waals surface area contributed by atoms with Gasteiger partial charge in [-0.05, 0) is 31.9 Å². The normalized spacial score (nSPS) is 12.1. The van der Waals surface area contributed by atoms with Crippen LogP contribution in [-0.2, 0) is 11.3 Å². The average Bonchev–Trinajstić information content (AvgIpc) is 3.26. The zero-order valence-electron chi connectivity index (χ0n) is 15.8. The number of rotatable bonds is 8. The van der Waals surface area contributed by atoms with Gasteiger partial charge in [0.2, 0.25) is 5.91 Å². The van der Waals surface area contributed by atoms with E-state index in [-0.39, 0.29) is 11.2 Å². The van der Waals surface area contributed by atoms with Gasteiger partial charge in [0, 0.05) is 6.54 Å². The number of thioether (sulfide) groups is 1. The van der Waals surface area contributed by atoms with Crippen LogP contribution in [0.15, 0.2) is 52.2 Å². The molecule has 1 unspecified atom stereocenters. The van der Waals surface area contributed by atoms with Gasteiger partial charge in [0.05, 0.1) is 23.6 Å². The van der Waals surface area contributed by atoms with Gasteiger partial charge in [-0.3, -0.25) is 9.36 Å². The number of aryl methyl sites for hydroxylation is 1. The Balaban J connectivity index is 1.90. The first-order valence-corrected chi connectivity index (χ1v) is 9.94. The molecule has 3 rings (SSSR count). The molecular weight excluding hydrogens is 360 g/mol. The number of carbonyl (C=O) groups excluding carboxylic acids is 1. The van der Waals surface area contributed by atoms with Gasteiger partial charge in [0.25, 0.3) is 0 Å². The number of benzene rings is 1. The third kappa shape index (κ3) is 4.60. The average molecular weight is 385 g/mol. The molecule has 0 fully saturated rings. The lowest BCUT2D eigenvalue weighted by atomic mass is 10.2. The van der Waals surface area contributed by atoms with Crippen LogP contribution in [0.25, 0.3) is 11.4 Å². The van der Waals surface area contributed by atoms with Crippen molar-refractivity contribution in [3.05, 3.63) is 54.0 Å². The first-order chi connectivity index (χ1) is 13.1. The Labute approximate surface area is 163 Å². The van der Waals surface area contributed by atoms with Crippen molar-refractivity contribution in [3.63, 3.8) is 0 Å². The summed E-state index contributed by atoms with van der Waals surface area (Å²) in [6.07, 6.45) is 2.57. The summed E-state index contributed by atoms with van der Waals surface area (Å²) in [6.45, 7) is 7.14. The summed E-state index contributed by atoms with van der Waals surface area (Å²) in [5.41, 5.74) is 2.05. The molecule has 142 valence electrons. The Morgan fingerprint density at radius 3 is 2.70 bits per heavy atom. The highest BCUT2D eigenvalue weighted by Gasteiger charge is 2.22. The second-order valence-corrected chi connectivity index (χ2v) is 7.63. The summed E-state index contributed by atoms with van der Waals surface area (Å²) < 4.78 is 7.49. The van der Waals surface area contributed by atoms with Crippen molar-refractivity contribution >= 4 is 17.7 Å². The SMILES string of the molecule is CCCNC(=O)C(C)Sc1nnc(-c2ccoc2C)n1Cc1ccccc1. The summed E-state index contributed by atoms with van der Waals surface area (Å²) in [6, 6.07) is 12.0. The fourth-order valence-electron chi connectivity index (χ4n) is 2.70. The van der Waals surface area contributed by atoms with Gasteiger partial charge in [-0.15, -0.1) is 10.2 Å². The summed E-state index contributed by atoms with van der Waals surface area (Å²) in [5, 5.41) is 12.1. The third-order valence-electron chi connectivity index (χ3n) is 4.20. The Morgan fingerprint density at radius 2 is 2.04 bits per heavy atom. The zero-order chi connectivity index (χ0) is 19.2. The molecule has 1 atom stereocenters. The van der Waals surface area contributed by atoms with Crippen molar-refractivity contribution < 1.29 is 9.21 Å². The smallest absolute Gasteiger partial charge is 0.233 e. The van der Waals surface area contributed by atoms with Gasteiger partial charge in [-0.25, -0.2) is 0 Å². The van der Waals surface area contributed by atoms with E-state index in [1.54, 1.807) is 6.26 Å². The first kappa shape index (κ1) is 19.2. The Kier molecular flexibility index (Phi) is 6.34. The summed E-state index contributed by atoms with van der Waals surface area (Å²) in [4.78, 5) is 12.3. The minimum Gasteiger partial charge on any atom is -0.469 e. The van der Waals surface area contributed by atoms with Crippen molar-refractivity contribution in [2.24, 2.45) is 0 Å². The fourth-order valence-corrected chi connectivity index (χ4v) is 3.58. The number of carbonyl (C=O) groups is 1. The quantitative estimate of drug-likeness (QED) is 0.596. The molecule has 0 aliphatic carbocycles. The number of hydrogen-bond acceptors (Lipinski definition) is 5. The molecule has 0 aliphatic heterocycles. The van der Waals surface area contributed by atoms with Crippen molar-refractivity contribution in [2.45, 2.75) is 44.1 Å². The molecule has 6 nitrogen and oxygen atoms in total. The van der Waals surface area contributed by atoms with Crippen LogP contribution in [0, 0.1) is 6.92 Å². The standard InChI is InChI=1S/C20H24N4O2S/c1-4-11-21-19(25)15(3)27-20-23-22-18(17-10-12-26-14(17)2)24(20)13-16-8-6-5-7-9-16/h5-10,12,15H,4,11,13H2,1-3H3,(H,21,25). The topological polar surface area (TPSA) is 73.0 Å². The van der Waals surface area contributed by atoms with E-state index in [9.17, 15) is 4.79 Å². The summed E-state index contributed by atoms with van der Waals surface area (Å²) in [5.74, 6) is 1.55. The van der Waals surface area contributed by atoms with Gasteiger partial charge in [-0.2, -0.15) is 0 Å². The van der Waals surface area contributed by atoms with Crippen molar-refractivity contribution in [1.82, 2.24) is 20.1 Å². The summed E-state index contributed by atoms with van der Waals surface area (Å²) in [7, 11) is 0. The van der Waals surface area contributed by atoms with E-state index in [4.69, 9.17) is 4.42 Å². The number of amides is 1. The van der Waals surface area contributed by atoms with E-state index in [0.717, 1.165) is 29.1 Å². The minimum atomic E-state index is -0.256. The number of aromatic nitrogens is 3. The zero-order valence-corrected chi connectivity index (χ0v) is 16.6. The van der Waals surface area contributed by atoms with Crippen LogP contribution >= 0.6 is 11.8 Å². The Morgan fingerprint density at radius 1 is 1.26 bits per heavy atom. The Hall–Kier alpha value is -2.54. The van der Waals surface area contributed by atoms with Crippen molar-refractivity contribution in [2.75, 3.05) is 6.54 Å². The lowest BCUT2D eigenvalue weighted by molar-refractivity contribution is -0.120. The molecule has 7 heteroatoms. The Bertz CT molecular complexity index is 889. The molecule has 3 aromatic rings. The van der Waals surface area contributed by atoms with Crippen LogP contribution in [0.2, 0.25) is 0 Å². The highest BCUT2D eigenvalue weighted by Crippen LogP contribution is 2.29. The van der Waals surface area contributed by atoms with Crippen LogP contribution in [-0.4, -0.2) is 32.5 Å². The second kappa shape index (κ2) is 8.90. The maximum atomic E-state index is 12.3. The molecule has 1 N–H and O–H groups in total. The van der Waals surface area contributed by atoms with E-state index in [1.807, 2.05) is 49.6 Å². The van der Waals surface area contributed by atoms with Gasteiger partial charge < -0.3 is 9.73 Å². The molecular formula is C20H24N4O2S. The molecule has 0 bridgehead atoms. The van der Waals surface area contributed by atoms with Crippen molar-refractivity contribution in [3.8, 4) is 11.4 Å². The first-order valence-electron chi connectivity index (χ1n) is 9.06. The van der Waals surface area contributed by atoms with Gasteiger partial charge in [0.15, 0.2) is 11.0 Å². The summed E-state index contributed by atoms with van der Waals surface area (Å²) >= 11 is 1.42. The number of furan rings is 1. The lowest BCUT2D eigenvalue weighted by Gasteiger charge is -2.13. The van der Waals surface area contributed by atoms with E-state index >= 15 is 0 Å². The molecule has 0 aliphatic rings. The number of nitrogens with zero attached hydrogens (tertiary/aromatic N) is 3. The monoisotopic (exact) mass is 384 g/mol. The molecule has 0 saturated carbocycles. The second-order valence-electron chi connectivity index (χ2n) is 6.32. The lowest BCUT2D eigenvalue weighted by Crippen LogP contribution is -2.31. The molecule has 0 radical (unpaired) electrons. The van der Waals surface area contributed by atoms with E-state index < -0.39 is 0 Å². The predicted molar refractivity (Wildman–Crippen MR) is 107 cm³/mol. The molecule has 0 saturated heterocycles. The van der Waals surface area contributed by atoms with Crippen molar-refractivity contribution in [1.29, 1.82) is 0 Å². The van der Waals surface area contributed by atoms with Gasteiger partial charge >= 0.3 is 0 Å². The van der Waals surface area contributed by atoms with Crippen LogP contribution in [0.1, 0.15) is 31.6 Å². The molecule has 2 aromatic heterocycles. The highest BCUT2D eigenvalue weighted by molar-refractivity contribution is 8.00. The van der Waals surface area contributed by atoms with Crippen LogP contribution in [0.3, 0.4) is 0 Å². The largest absolute Gasteiger partial charge is 0.469 e. The molecule has 27 heavy (non-hydrogen) atoms. The van der Waals surface area contributed by atoms with E-state index in [1.165, 1.54) is 11.8 Å². The number of nitrogens with one attached hydrogen (secondary N) is 1. The molecule has 1 aromatic carbocycles. The fraction of sp³-hybridized carbons (Fsp3) is 0.350. The highest BCUT2D eigenvalue weighted by atomic mass is 32.2. The molecule has 0 spiro atoms. The maximum Gasteiger partial charge on any atom is 0.233 e. The molecule has 1 amide bonds. The van der Waals surface area contributed by atoms with Gasteiger partial charge in [0.1, 0.15) is 5.76 Å². The third-order valence-corrected chi connectivity index (χ3v) is 5.28. The minimum absolute atomic E-state index is 0.0113. The van der Waals surface area contributed by atoms with Crippen LogP contribution in [0.5, 0.6) is 0 Å². The van der Waals surface area contributed by atoms with E-state index in [2.05, 4.69) is 27.6 Å². The van der Waals surface area contributed by atoms with Crippen LogP contribution < -0.4 is 5.32 Å². The van der Waals surface area contributed by atoms with E-state index in [0.29, 0.717) is 18.2 Å². The molecule has 2 heterocycles.